The smallest absolute Gasteiger partial charge is 0.386 e. The molecule has 0 saturated heterocycles. The van der Waals surface area contributed by atoms with Gasteiger partial charge in [-0.3, -0.25) is 0 Å². The molecule has 0 heterocycles. The number of phosphoric acid groups is 1. The fourth-order valence-corrected chi connectivity index (χ4v) is 6.06. The lowest BCUT2D eigenvalue weighted by Crippen LogP contribution is -2.07. The summed E-state index contributed by atoms with van der Waals surface area (Å²) >= 11 is 0. The standard InChI is InChI=1S/C39H33O4P/c1-28-4-10-31(11-5-28)34-16-22-37(23-17-34)41-44(40,42-38-24-18-35(19-25-38)32-12-6-29(2)7-13-32)43-39-26-20-36(21-27-39)33-14-8-30(3)9-15-33/h4-27H,1-3H3. The largest absolute Gasteiger partial charge is 0.647 e. The number of aryl methyl sites for hydroxylation is 3. The van der Waals surface area contributed by atoms with Crippen LogP contribution in [-0.2, 0) is 4.57 Å². The molecule has 218 valence electrons. The van der Waals surface area contributed by atoms with Crippen molar-refractivity contribution in [2.45, 2.75) is 20.8 Å². The normalized spacial score (nSPS) is 11.2. The topological polar surface area (TPSA) is 44.8 Å². The van der Waals surface area contributed by atoms with E-state index in [1.807, 2.05) is 36.4 Å². The SMILES string of the molecule is Cc1ccc(-c2ccc(OP(=O)(Oc3ccc(-c4ccc(C)cc4)cc3)Oc3ccc(-c4ccc(C)cc4)cc3)cc2)cc1. The van der Waals surface area contributed by atoms with E-state index < -0.39 is 7.82 Å². The van der Waals surface area contributed by atoms with E-state index in [9.17, 15) is 4.57 Å². The minimum absolute atomic E-state index is 0.372. The molecular formula is C39H33O4P. The Morgan fingerprint density at radius 2 is 0.500 bits per heavy atom. The Bertz CT molecular complexity index is 1650. The molecule has 6 aromatic rings. The van der Waals surface area contributed by atoms with Crippen molar-refractivity contribution in [3.63, 3.8) is 0 Å². The second-order valence-electron chi connectivity index (χ2n) is 10.9. The summed E-state index contributed by atoms with van der Waals surface area (Å²) in [5.41, 5.74) is 9.90. The molecule has 0 atom stereocenters. The molecule has 4 nitrogen and oxygen atoms in total. The number of phosphoric ester groups is 1. The van der Waals surface area contributed by atoms with Crippen LogP contribution in [0.4, 0.5) is 0 Å². The Balaban J connectivity index is 1.25. The highest BCUT2D eigenvalue weighted by molar-refractivity contribution is 7.49. The summed E-state index contributed by atoms with van der Waals surface area (Å²) in [6.07, 6.45) is 0. The molecular weight excluding hydrogens is 563 g/mol. The maximum absolute atomic E-state index is 14.2. The molecule has 0 aliphatic carbocycles. The van der Waals surface area contributed by atoms with Crippen LogP contribution in [0.2, 0.25) is 0 Å². The third kappa shape index (κ3) is 7.11. The summed E-state index contributed by atoms with van der Waals surface area (Å²) in [6, 6.07) is 47.1. The van der Waals surface area contributed by atoms with Gasteiger partial charge in [-0.2, -0.15) is 4.57 Å². The summed E-state index contributed by atoms with van der Waals surface area (Å²) in [6.45, 7) is 6.18. The Morgan fingerprint density at radius 3 is 0.705 bits per heavy atom. The lowest BCUT2D eigenvalue weighted by atomic mass is 10.0. The van der Waals surface area contributed by atoms with Gasteiger partial charge in [-0.15, -0.1) is 0 Å². The molecule has 0 aliphatic rings. The van der Waals surface area contributed by atoms with Crippen LogP contribution < -0.4 is 13.6 Å². The molecule has 0 fully saturated rings. The number of hydrogen-bond donors (Lipinski definition) is 0. The van der Waals surface area contributed by atoms with Crippen molar-refractivity contribution in [1.29, 1.82) is 0 Å². The first kappa shape index (κ1) is 29.0. The van der Waals surface area contributed by atoms with Crippen LogP contribution in [0.15, 0.2) is 146 Å². The molecule has 0 unspecified atom stereocenters. The fraction of sp³-hybridized carbons (Fsp3) is 0.0769. The zero-order valence-electron chi connectivity index (χ0n) is 24.9. The van der Waals surface area contributed by atoms with E-state index in [2.05, 4.69) is 93.6 Å². The average molecular weight is 597 g/mol. The van der Waals surface area contributed by atoms with Crippen molar-refractivity contribution >= 4 is 7.82 Å². The molecule has 0 saturated carbocycles. The van der Waals surface area contributed by atoms with Crippen molar-refractivity contribution in [2.75, 3.05) is 0 Å². The van der Waals surface area contributed by atoms with Crippen molar-refractivity contribution in [2.24, 2.45) is 0 Å². The molecule has 6 rings (SSSR count). The molecule has 6 aromatic carbocycles. The first-order valence-electron chi connectivity index (χ1n) is 14.5. The highest BCUT2D eigenvalue weighted by Crippen LogP contribution is 2.50. The number of hydrogen-bond acceptors (Lipinski definition) is 4. The molecule has 0 aromatic heterocycles. The summed E-state index contributed by atoms with van der Waals surface area (Å²) in [5, 5.41) is 0. The highest BCUT2D eigenvalue weighted by Gasteiger charge is 2.33. The van der Waals surface area contributed by atoms with Crippen molar-refractivity contribution in [3.8, 4) is 50.6 Å². The van der Waals surface area contributed by atoms with Crippen LogP contribution in [0.25, 0.3) is 33.4 Å². The second-order valence-corrected chi connectivity index (χ2v) is 12.3. The monoisotopic (exact) mass is 596 g/mol. The van der Waals surface area contributed by atoms with E-state index in [0.717, 1.165) is 33.4 Å². The summed E-state index contributed by atoms with van der Waals surface area (Å²) in [4.78, 5) is 0. The molecule has 0 amide bonds. The summed E-state index contributed by atoms with van der Waals surface area (Å²) < 4.78 is 32.2. The fourth-order valence-electron chi connectivity index (χ4n) is 4.81. The van der Waals surface area contributed by atoms with Gasteiger partial charge in [0, 0.05) is 0 Å². The minimum atomic E-state index is -4.17. The Kier molecular flexibility index (Phi) is 8.36. The van der Waals surface area contributed by atoms with Gasteiger partial charge in [-0.25, -0.2) is 0 Å². The Hall–Kier alpha value is -5.05. The van der Waals surface area contributed by atoms with Crippen molar-refractivity contribution in [3.05, 3.63) is 162 Å². The second kappa shape index (κ2) is 12.7. The molecule has 0 N–H and O–H groups in total. The molecule has 44 heavy (non-hydrogen) atoms. The van der Waals surface area contributed by atoms with Crippen LogP contribution in [-0.4, -0.2) is 0 Å². The van der Waals surface area contributed by atoms with Crippen LogP contribution in [0.1, 0.15) is 16.7 Å². The summed E-state index contributed by atoms with van der Waals surface area (Å²) in [7, 11) is -4.17. The van der Waals surface area contributed by atoms with Gasteiger partial charge in [0.25, 0.3) is 0 Å². The lowest BCUT2D eigenvalue weighted by molar-refractivity contribution is 0.298. The van der Waals surface area contributed by atoms with E-state index in [0.29, 0.717) is 17.2 Å². The van der Waals surface area contributed by atoms with E-state index in [1.54, 1.807) is 36.4 Å². The first-order valence-corrected chi connectivity index (χ1v) is 16.0. The van der Waals surface area contributed by atoms with Crippen LogP contribution in [0.5, 0.6) is 17.2 Å². The third-order valence-electron chi connectivity index (χ3n) is 7.37. The van der Waals surface area contributed by atoms with E-state index in [-0.39, 0.29) is 0 Å². The summed E-state index contributed by atoms with van der Waals surface area (Å²) in [5.74, 6) is 1.12. The van der Waals surface area contributed by atoms with Crippen molar-refractivity contribution in [1.82, 2.24) is 0 Å². The average Bonchev–Trinajstić information content (AvgIpc) is 3.03. The van der Waals surface area contributed by atoms with E-state index in [1.165, 1.54) is 16.7 Å². The Labute approximate surface area is 259 Å². The molecule has 0 aliphatic heterocycles. The Morgan fingerprint density at radius 1 is 0.318 bits per heavy atom. The van der Waals surface area contributed by atoms with Gasteiger partial charge in [0.1, 0.15) is 17.2 Å². The predicted octanol–water partition coefficient (Wildman–Crippen LogP) is 11.3. The zero-order valence-corrected chi connectivity index (χ0v) is 25.8. The van der Waals surface area contributed by atoms with Crippen LogP contribution >= 0.6 is 7.82 Å². The van der Waals surface area contributed by atoms with Gasteiger partial charge < -0.3 is 13.6 Å². The maximum atomic E-state index is 14.2. The third-order valence-corrected chi connectivity index (χ3v) is 8.67. The zero-order chi connectivity index (χ0) is 30.5. The molecule has 0 spiro atoms. The van der Waals surface area contributed by atoms with E-state index >= 15 is 0 Å². The highest BCUT2D eigenvalue weighted by atomic mass is 31.2. The molecule has 5 heteroatoms. The number of rotatable bonds is 9. The van der Waals surface area contributed by atoms with Crippen LogP contribution in [0, 0.1) is 20.8 Å². The first-order chi connectivity index (χ1) is 21.3. The van der Waals surface area contributed by atoms with Gasteiger partial charge in [0.2, 0.25) is 0 Å². The van der Waals surface area contributed by atoms with Crippen molar-refractivity contribution < 1.29 is 18.1 Å². The van der Waals surface area contributed by atoms with Gasteiger partial charge in [-0.05, 0) is 90.6 Å². The van der Waals surface area contributed by atoms with Gasteiger partial charge in [0.15, 0.2) is 0 Å². The molecule has 0 bridgehead atoms. The van der Waals surface area contributed by atoms with Gasteiger partial charge in [0.05, 0.1) is 0 Å². The number of benzene rings is 6. The quantitative estimate of drug-likeness (QED) is 0.156. The minimum Gasteiger partial charge on any atom is -0.386 e. The predicted molar refractivity (Wildman–Crippen MR) is 179 cm³/mol. The van der Waals surface area contributed by atoms with Gasteiger partial charge >= 0.3 is 7.82 Å². The maximum Gasteiger partial charge on any atom is 0.647 e. The molecule has 0 radical (unpaired) electrons. The van der Waals surface area contributed by atoms with Crippen LogP contribution in [0.3, 0.4) is 0 Å². The van der Waals surface area contributed by atoms with E-state index in [4.69, 9.17) is 13.6 Å². The van der Waals surface area contributed by atoms with Gasteiger partial charge in [-0.1, -0.05) is 126 Å². The lowest BCUT2D eigenvalue weighted by Gasteiger charge is -2.20.